The lowest BCUT2D eigenvalue weighted by atomic mass is 10.1. The first-order valence-electron chi connectivity index (χ1n) is 7.99. The number of hydrogen-bond acceptors (Lipinski definition) is 7. The first kappa shape index (κ1) is 18.1. The normalized spacial score (nSPS) is 10.3. The van der Waals surface area contributed by atoms with E-state index in [0.717, 1.165) is 4.68 Å². The van der Waals surface area contributed by atoms with E-state index in [-0.39, 0.29) is 17.4 Å². The molecule has 3 aromatic rings. The van der Waals surface area contributed by atoms with Crippen LogP contribution in [0.25, 0.3) is 0 Å². The molecule has 0 spiro atoms. The third-order valence-corrected chi connectivity index (χ3v) is 3.77. The molecule has 0 aliphatic heterocycles. The summed E-state index contributed by atoms with van der Waals surface area (Å²) in [7, 11) is 3.00. The molecular weight excluding hydrogens is 350 g/mol. The van der Waals surface area contributed by atoms with Gasteiger partial charge in [0.25, 0.3) is 0 Å². The first-order chi connectivity index (χ1) is 13.0. The maximum atomic E-state index is 12.8. The number of methoxy groups -OCH3 is 2. The lowest BCUT2D eigenvalue weighted by Gasteiger charge is -2.09. The highest BCUT2D eigenvalue weighted by molar-refractivity contribution is 6.08. The fourth-order valence-electron chi connectivity index (χ4n) is 2.38. The van der Waals surface area contributed by atoms with Crippen molar-refractivity contribution >= 4 is 11.9 Å². The van der Waals surface area contributed by atoms with Crippen LogP contribution in [0.2, 0.25) is 0 Å². The third kappa shape index (κ3) is 3.95. The summed E-state index contributed by atoms with van der Waals surface area (Å²) in [6, 6.07) is 11.1. The van der Waals surface area contributed by atoms with Crippen molar-refractivity contribution in [2.24, 2.45) is 0 Å². The number of pyridine rings is 1. The van der Waals surface area contributed by atoms with Crippen LogP contribution in [0.1, 0.15) is 21.7 Å². The van der Waals surface area contributed by atoms with Gasteiger partial charge < -0.3 is 14.2 Å². The molecule has 0 aliphatic carbocycles. The molecular formula is C19H17N3O5. The molecule has 2 aromatic heterocycles. The Morgan fingerprint density at radius 2 is 1.70 bits per heavy atom. The zero-order chi connectivity index (χ0) is 19.4. The van der Waals surface area contributed by atoms with Crippen LogP contribution in [-0.2, 0) is 0 Å². The van der Waals surface area contributed by atoms with Gasteiger partial charge in [-0.15, -0.1) is 0 Å². The molecule has 0 bridgehead atoms. The van der Waals surface area contributed by atoms with Gasteiger partial charge in [-0.25, -0.2) is 9.78 Å². The molecule has 0 N–H and O–H groups in total. The number of rotatable bonds is 5. The molecule has 3 rings (SSSR count). The Morgan fingerprint density at radius 3 is 2.30 bits per heavy atom. The standard InChI is InChI=1S/C19H17N3O5/c1-12-7-8-20-22(12)19(24)27-17-6-4-5-16(21-17)18(23)13-9-14(25-2)11-15(10-13)26-3/h4-11H,1-3H3. The highest BCUT2D eigenvalue weighted by Gasteiger charge is 2.16. The minimum Gasteiger partial charge on any atom is -0.497 e. The number of aryl methyl sites for hydroxylation is 1. The average Bonchev–Trinajstić information content (AvgIpc) is 3.13. The Hall–Kier alpha value is -3.68. The number of benzene rings is 1. The Balaban J connectivity index is 1.86. The maximum Gasteiger partial charge on any atom is 0.441 e. The smallest absolute Gasteiger partial charge is 0.441 e. The van der Waals surface area contributed by atoms with Gasteiger partial charge in [0, 0.05) is 29.6 Å². The summed E-state index contributed by atoms with van der Waals surface area (Å²) in [4.78, 5) is 29.0. The van der Waals surface area contributed by atoms with Crippen molar-refractivity contribution in [3.8, 4) is 17.4 Å². The SMILES string of the molecule is COc1cc(OC)cc(C(=O)c2cccc(OC(=O)n3nccc3C)n2)c1. The van der Waals surface area contributed by atoms with Crippen LogP contribution >= 0.6 is 0 Å². The van der Waals surface area contributed by atoms with E-state index < -0.39 is 6.09 Å². The molecule has 0 unspecified atom stereocenters. The van der Waals surface area contributed by atoms with E-state index in [1.807, 2.05) is 0 Å². The molecule has 138 valence electrons. The molecule has 8 heteroatoms. The number of hydrogen-bond donors (Lipinski definition) is 0. The van der Waals surface area contributed by atoms with Crippen molar-refractivity contribution in [2.75, 3.05) is 14.2 Å². The van der Waals surface area contributed by atoms with Crippen LogP contribution in [0.5, 0.6) is 17.4 Å². The molecule has 8 nitrogen and oxygen atoms in total. The van der Waals surface area contributed by atoms with E-state index in [0.29, 0.717) is 22.8 Å². The number of ether oxygens (including phenoxy) is 3. The zero-order valence-electron chi connectivity index (χ0n) is 15.0. The number of aromatic nitrogens is 3. The van der Waals surface area contributed by atoms with Crippen LogP contribution in [0, 0.1) is 6.92 Å². The van der Waals surface area contributed by atoms with E-state index in [2.05, 4.69) is 10.1 Å². The third-order valence-electron chi connectivity index (χ3n) is 3.77. The second kappa shape index (κ2) is 7.69. The largest absolute Gasteiger partial charge is 0.497 e. The van der Waals surface area contributed by atoms with Crippen molar-refractivity contribution in [3.63, 3.8) is 0 Å². The number of nitrogens with zero attached hydrogens (tertiary/aromatic N) is 3. The van der Waals surface area contributed by atoms with E-state index >= 15 is 0 Å². The highest BCUT2D eigenvalue weighted by Crippen LogP contribution is 2.24. The number of carbonyl (C=O) groups is 2. The molecule has 0 atom stereocenters. The number of carbonyl (C=O) groups excluding carboxylic acids is 2. The van der Waals surface area contributed by atoms with E-state index in [4.69, 9.17) is 14.2 Å². The van der Waals surface area contributed by atoms with Crippen LogP contribution in [0.15, 0.2) is 48.7 Å². The summed E-state index contributed by atoms with van der Waals surface area (Å²) in [5.41, 5.74) is 1.08. The van der Waals surface area contributed by atoms with Crippen LogP contribution < -0.4 is 14.2 Å². The van der Waals surface area contributed by atoms with Crippen molar-refractivity contribution in [1.29, 1.82) is 0 Å². The van der Waals surface area contributed by atoms with E-state index in [1.54, 1.807) is 37.3 Å². The fourth-order valence-corrected chi connectivity index (χ4v) is 2.38. The van der Waals surface area contributed by atoms with Crippen molar-refractivity contribution in [1.82, 2.24) is 14.8 Å². The molecule has 27 heavy (non-hydrogen) atoms. The Bertz CT molecular complexity index is 974. The minimum absolute atomic E-state index is 0.00406. The quantitative estimate of drug-likeness (QED) is 0.640. The van der Waals surface area contributed by atoms with Gasteiger partial charge in [-0.2, -0.15) is 9.78 Å². The predicted octanol–water partition coefficient (Wildman–Crippen LogP) is 2.88. The molecule has 0 saturated carbocycles. The molecule has 0 aliphatic rings. The van der Waals surface area contributed by atoms with Gasteiger partial charge in [-0.3, -0.25) is 4.79 Å². The van der Waals surface area contributed by atoms with Gasteiger partial charge in [-0.05, 0) is 31.2 Å². The summed E-state index contributed by atoms with van der Waals surface area (Å²) in [5, 5.41) is 3.87. The molecule has 0 amide bonds. The van der Waals surface area contributed by atoms with E-state index in [9.17, 15) is 9.59 Å². The van der Waals surface area contributed by atoms with Crippen LogP contribution in [0.4, 0.5) is 4.79 Å². The van der Waals surface area contributed by atoms with Gasteiger partial charge in [0.1, 0.15) is 17.2 Å². The second-order valence-corrected chi connectivity index (χ2v) is 5.54. The molecule has 0 fully saturated rings. The van der Waals surface area contributed by atoms with Crippen molar-refractivity contribution in [2.45, 2.75) is 6.92 Å². The van der Waals surface area contributed by atoms with Gasteiger partial charge >= 0.3 is 6.09 Å². The Kier molecular flexibility index (Phi) is 5.16. The molecule has 0 saturated heterocycles. The van der Waals surface area contributed by atoms with Crippen molar-refractivity contribution in [3.05, 3.63) is 65.6 Å². The van der Waals surface area contributed by atoms with Gasteiger partial charge in [0.15, 0.2) is 0 Å². The maximum absolute atomic E-state index is 12.8. The second-order valence-electron chi connectivity index (χ2n) is 5.54. The predicted molar refractivity (Wildman–Crippen MR) is 95.6 cm³/mol. The monoisotopic (exact) mass is 367 g/mol. The highest BCUT2D eigenvalue weighted by atomic mass is 16.6. The van der Waals surface area contributed by atoms with Crippen LogP contribution in [-0.4, -0.2) is 40.9 Å². The summed E-state index contributed by atoms with van der Waals surface area (Å²) in [5.74, 6) is 0.597. The van der Waals surface area contributed by atoms with Gasteiger partial charge in [-0.1, -0.05) is 6.07 Å². The van der Waals surface area contributed by atoms with Gasteiger partial charge in [0.2, 0.25) is 11.7 Å². The molecule has 0 radical (unpaired) electrons. The fraction of sp³-hybridized carbons (Fsp3) is 0.158. The summed E-state index contributed by atoms with van der Waals surface area (Å²) >= 11 is 0. The van der Waals surface area contributed by atoms with Crippen molar-refractivity contribution < 1.29 is 23.8 Å². The molecule has 2 heterocycles. The summed E-state index contributed by atoms with van der Waals surface area (Å²) in [6.45, 7) is 1.72. The lowest BCUT2D eigenvalue weighted by Crippen LogP contribution is -2.20. The first-order valence-corrected chi connectivity index (χ1v) is 7.99. The average molecular weight is 367 g/mol. The van der Waals surface area contributed by atoms with Gasteiger partial charge in [0.05, 0.1) is 14.2 Å². The minimum atomic E-state index is -0.711. The Morgan fingerprint density at radius 1 is 1.00 bits per heavy atom. The Labute approximate surface area is 155 Å². The summed E-state index contributed by atoms with van der Waals surface area (Å²) < 4.78 is 16.7. The molecule has 1 aromatic carbocycles. The summed E-state index contributed by atoms with van der Waals surface area (Å²) in [6.07, 6.45) is 0.776. The zero-order valence-corrected chi connectivity index (χ0v) is 15.0. The number of ketones is 1. The van der Waals surface area contributed by atoms with E-state index in [1.165, 1.54) is 32.5 Å². The lowest BCUT2D eigenvalue weighted by molar-refractivity contribution is 0.103. The van der Waals surface area contributed by atoms with Crippen LogP contribution in [0.3, 0.4) is 0 Å². The topological polar surface area (TPSA) is 92.5 Å².